The van der Waals surface area contributed by atoms with Crippen LogP contribution < -0.4 is 5.73 Å². The van der Waals surface area contributed by atoms with Crippen LogP contribution in [-0.2, 0) is 9.47 Å². The van der Waals surface area contributed by atoms with E-state index in [9.17, 15) is 0 Å². The number of ether oxygens (including phenoxy) is 2. The first-order chi connectivity index (χ1) is 7.79. The molecule has 2 aliphatic heterocycles. The lowest BCUT2D eigenvalue weighted by atomic mass is 10.5. The lowest BCUT2D eigenvalue weighted by Gasteiger charge is -2.44. The summed E-state index contributed by atoms with van der Waals surface area (Å²) < 4.78 is 10.6. The quantitative estimate of drug-likeness (QED) is 0.629. The molecule has 2 saturated heterocycles. The molecule has 2 rings (SSSR count). The maximum Gasteiger partial charge on any atom is 0.196 e. The van der Waals surface area contributed by atoms with Gasteiger partial charge in [-0.15, -0.1) is 0 Å². The van der Waals surface area contributed by atoms with Gasteiger partial charge in [0.25, 0.3) is 0 Å². The van der Waals surface area contributed by atoms with Crippen LogP contribution in [0.3, 0.4) is 0 Å². The largest absolute Gasteiger partial charge is 0.379 e. The van der Waals surface area contributed by atoms with Gasteiger partial charge in [0.1, 0.15) is 0 Å². The van der Waals surface area contributed by atoms with E-state index in [-0.39, 0.29) is 0 Å². The third-order valence-electron chi connectivity index (χ3n) is 2.71. The zero-order valence-electron chi connectivity index (χ0n) is 9.30. The van der Waals surface area contributed by atoms with Gasteiger partial charge in [-0.1, -0.05) is 0 Å². The van der Waals surface area contributed by atoms with Crippen molar-refractivity contribution in [2.24, 2.45) is 5.73 Å². The van der Waals surface area contributed by atoms with Gasteiger partial charge in [-0.05, 0) is 12.2 Å². The Kier molecular flexibility index (Phi) is 4.30. The molecule has 2 N–H and O–H groups in total. The highest BCUT2D eigenvalue weighted by Gasteiger charge is 2.26. The van der Waals surface area contributed by atoms with E-state index in [1.165, 1.54) is 0 Å². The summed E-state index contributed by atoms with van der Waals surface area (Å²) in [5.74, 6) is 0. The Labute approximate surface area is 101 Å². The number of nitrogens with two attached hydrogens (primary N) is 1. The van der Waals surface area contributed by atoms with Crippen LogP contribution in [-0.4, -0.2) is 72.9 Å². The number of hydrazine groups is 2. The fourth-order valence-electron chi connectivity index (χ4n) is 1.94. The topological polar surface area (TPSA) is 54.2 Å². The monoisotopic (exact) mass is 246 g/mol. The molecule has 0 aromatic carbocycles. The SMILES string of the molecule is NC(=S)N(N1CCOCC1)N1CCOCC1. The van der Waals surface area contributed by atoms with Crippen molar-refractivity contribution in [2.75, 3.05) is 52.6 Å². The number of morpholine rings is 2. The van der Waals surface area contributed by atoms with Gasteiger partial charge in [-0.25, -0.2) is 5.12 Å². The summed E-state index contributed by atoms with van der Waals surface area (Å²) in [4.78, 5) is 0. The molecule has 2 heterocycles. The summed E-state index contributed by atoms with van der Waals surface area (Å²) in [6.45, 7) is 6.21. The Morgan fingerprint density at radius 1 is 0.938 bits per heavy atom. The van der Waals surface area contributed by atoms with E-state index in [1.54, 1.807) is 0 Å². The number of nitrogens with zero attached hydrogens (tertiary/aromatic N) is 3. The van der Waals surface area contributed by atoms with Crippen molar-refractivity contribution in [2.45, 2.75) is 0 Å². The van der Waals surface area contributed by atoms with Gasteiger partial charge in [0.05, 0.1) is 26.4 Å². The van der Waals surface area contributed by atoms with Crippen LogP contribution in [0.5, 0.6) is 0 Å². The molecule has 6 nitrogen and oxygen atoms in total. The molecule has 7 heteroatoms. The summed E-state index contributed by atoms with van der Waals surface area (Å²) >= 11 is 5.12. The molecule has 0 aromatic heterocycles. The zero-order valence-corrected chi connectivity index (χ0v) is 10.1. The number of rotatable bonds is 2. The summed E-state index contributed by atoms with van der Waals surface area (Å²) in [6.07, 6.45) is 0. The Bertz CT molecular complexity index is 224. The lowest BCUT2D eigenvalue weighted by Crippen LogP contribution is -2.62. The van der Waals surface area contributed by atoms with Gasteiger partial charge in [-0.2, -0.15) is 10.0 Å². The standard InChI is InChI=1S/C9H18N4O2S/c10-9(16)13(11-1-5-14-6-2-11)12-3-7-15-8-4-12/h1-8H2,(H2,10,16). The van der Waals surface area contributed by atoms with Crippen LogP contribution in [0.1, 0.15) is 0 Å². The van der Waals surface area contributed by atoms with Crippen LogP contribution >= 0.6 is 12.2 Å². The minimum absolute atomic E-state index is 0.392. The second-order valence-corrected chi connectivity index (χ2v) is 4.18. The molecule has 0 bridgehead atoms. The molecule has 0 atom stereocenters. The highest BCUT2D eigenvalue weighted by Crippen LogP contribution is 2.09. The molecule has 0 amide bonds. The summed E-state index contributed by atoms with van der Waals surface area (Å²) in [6, 6.07) is 0. The first-order valence-electron chi connectivity index (χ1n) is 5.54. The van der Waals surface area contributed by atoms with E-state index in [4.69, 9.17) is 27.4 Å². The van der Waals surface area contributed by atoms with Crippen LogP contribution in [0.2, 0.25) is 0 Å². The highest BCUT2D eigenvalue weighted by molar-refractivity contribution is 7.80. The molecule has 0 spiro atoms. The molecule has 92 valence electrons. The molecule has 0 radical (unpaired) electrons. The summed E-state index contributed by atoms with van der Waals surface area (Å²) in [7, 11) is 0. The molecule has 2 aliphatic rings. The minimum atomic E-state index is 0.392. The molecular weight excluding hydrogens is 228 g/mol. The zero-order chi connectivity index (χ0) is 11.4. The molecular formula is C9H18N4O2S. The Morgan fingerprint density at radius 3 is 1.62 bits per heavy atom. The van der Waals surface area contributed by atoms with Crippen LogP contribution in [0.15, 0.2) is 0 Å². The van der Waals surface area contributed by atoms with E-state index in [2.05, 4.69) is 10.0 Å². The maximum absolute atomic E-state index is 5.79. The molecule has 0 aliphatic carbocycles. The van der Waals surface area contributed by atoms with Crippen LogP contribution in [0, 0.1) is 0 Å². The third-order valence-corrected chi connectivity index (χ3v) is 2.87. The predicted molar refractivity (Wildman–Crippen MR) is 63.4 cm³/mol. The Morgan fingerprint density at radius 2 is 1.31 bits per heavy atom. The average molecular weight is 246 g/mol. The van der Waals surface area contributed by atoms with E-state index < -0.39 is 0 Å². The maximum atomic E-state index is 5.79. The number of thiocarbonyl (C=S) groups is 1. The van der Waals surface area contributed by atoms with E-state index in [0.717, 1.165) is 52.6 Å². The Hall–Kier alpha value is -0.470. The van der Waals surface area contributed by atoms with Crippen molar-refractivity contribution < 1.29 is 9.47 Å². The first kappa shape index (κ1) is 12.0. The second-order valence-electron chi connectivity index (χ2n) is 3.76. The van der Waals surface area contributed by atoms with Crippen molar-refractivity contribution in [3.63, 3.8) is 0 Å². The summed E-state index contributed by atoms with van der Waals surface area (Å²) in [5, 5.41) is 6.57. The van der Waals surface area contributed by atoms with Gasteiger partial charge in [0.2, 0.25) is 0 Å². The fraction of sp³-hybridized carbons (Fsp3) is 0.889. The van der Waals surface area contributed by atoms with Gasteiger partial charge in [0, 0.05) is 26.2 Å². The normalized spacial score (nSPS) is 24.2. The molecule has 16 heavy (non-hydrogen) atoms. The average Bonchev–Trinajstić information content (AvgIpc) is 2.31. The third kappa shape index (κ3) is 2.80. The minimum Gasteiger partial charge on any atom is -0.379 e. The molecule has 0 saturated carbocycles. The van der Waals surface area contributed by atoms with Crippen LogP contribution in [0.4, 0.5) is 0 Å². The van der Waals surface area contributed by atoms with Gasteiger partial charge < -0.3 is 15.2 Å². The van der Waals surface area contributed by atoms with Crippen LogP contribution in [0.25, 0.3) is 0 Å². The fourth-order valence-corrected chi connectivity index (χ4v) is 2.17. The predicted octanol–water partition coefficient (Wildman–Crippen LogP) is -0.974. The van der Waals surface area contributed by atoms with Crippen molar-refractivity contribution >= 4 is 17.3 Å². The van der Waals surface area contributed by atoms with Gasteiger partial charge in [0.15, 0.2) is 5.11 Å². The van der Waals surface area contributed by atoms with E-state index in [1.807, 2.05) is 5.12 Å². The number of hydrogen-bond donors (Lipinski definition) is 1. The Balaban J connectivity index is 1.99. The smallest absolute Gasteiger partial charge is 0.196 e. The highest BCUT2D eigenvalue weighted by atomic mass is 32.1. The van der Waals surface area contributed by atoms with E-state index >= 15 is 0 Å². The molecule has 2 fully saturated rings. The molecule has 0 unspecified atom stereocenters. The first-order valence-corrected chi connectivity index (χ1v) is 5.94. The van der Waals surface area contributed by atoms with E-state index in [0.29, 0.717) is 5.11 Å². The van der Waals surface area contributed by atoms with Crippen molar-refractivity contribution in [1.29, 1.82) is 0 Å². The van der Waals surface area contributed by atoms with Crippen molar-refractivity contribution in [3.8, 4) is 0 Å². The van der Waals surface area contributed by atoms with Gasteiger partial charge in [-0.3, -0.25) is 0 Å². The van der Waals surface area contributed by atoms with Crippen molar-refractivity contribution in [3.05, 3.63) is 0 Å². The molecule has 0 aromatic rings. The second kappa shape index (κ2) is 5.74. The van der Waals surface area contributed by atoms with Crippen molar-refractivity contribution in [1.82, 2.24) is 15.1 Å². The number of hydrogen-bond acceptors (Lipinski definition) is 5. The van der Waals surface area contributed by atoms with Gasteiger partial charge >= 0.3 is 0 Å². The lowest BCUT2D eigenvalue weighted by molar-refractivity contribution is -0.179. The summed E-state index contributed by atoms with van der Waals surface area (Å²) in [5.41, 5.74) is 5.79.